The van der Waals surface area contributed by atoms with Gasteiger partial charge in [-0.2, -0.15) is 0 Å². The summed E-state index contributed by atoms with van der Waals surface area (Å²) in [6.07, 6.45) is 1.47. The predicted molar refractivity (Wildman–Crippen MR) is 150 cm³/mol. The lowest BCUT2D eigenvalue weighted by Gasteiger charge is -2.13. The van der Waals surface area contributed by atoms with Gasteiger partial charge >= 0.3 is 0 Å². The number of benzene rings is 3. The molecule has 0 spiro atoms. The zero-order chi connectivity index (χ0) is 26.7. The van der Waals surface area contributed by atoms with Crippen LogP contribution in [0.15, 0.2) is 59.5 Å². The van der Waals surface area contributed by atoms with Gasteiger partial charge in [-0.25, -0.2) is 0 Å². The maximum atomic E-state index is 12.8. The van der Waals surface area contributed by atoms with E-state index in [1.807, 2.05) is 0 Å². The van der Waals surface area contributed by atoms with Crippen LogP contribution in [0.4, 0.5) is 10.5 Å². The third-order valence-corrected chi connectivity index (χ3v) is 7.41. The van der Waals surface area contributed by atoms with Crippen LogP contribution < -0.4 is 10.1 Å². The van der Waals surface area contributed by atoms with Crippen LogP contribution >= 0.6 is 69.8 Å². The van der Waals surface area contributed by atoms with Crippen molar-refractivity contribution in [3.8, 4) is 5.75 Å². The van der Waals surface area contributed by atoms with E-state index < -0.39 is 23.6 Å². The molecule has 3 amide bonds. The Kier molecular flexibility index (Phi) is 8.95. The zero-order valence-electron chi connectivity index (χ0n) is 18.6. The molecule has 1 N–H and O–H groups in total. The zero-order valence-corrected chi connectivity index (χ0v) is 23.2. The first kappa shape index (κ1) is 27.6. The SMILES string of the molecule is O=C(CN1C(=O)S/C(=C/c2cc(Cl)c(OCc3ccc(Cl)cc3Cl)c(Cl)c2)C1=O)Nc1ccccc1Cl. The van der Waals surface area contributed by atoms with Gasteiger partial charge in [0.15, 0.2) is 5.75 Å². The Hall–Kier alpha value is -2.39. The molecule has 1 heterocycles. The molecule has 1 aliphatic rings. The normalized spacial score (nSPS) is 14.4. The summed E-state index contributed by atoms with van der Waals surface area (Å²) in [6.45, 7) is -0.362. The van der Waals surface area contributed by atoms with Gasteiger partial charge in [0.25, 0.3) is 11.1 Å². The van der Waals surface area contributed by atoms with Crippen LogP contribution in [-0.2, 0) is 16.2 Å². The number of thioether (sulfide) groups is 1. The third kappa shape index (κ3) is 6.74. The summed E-state index contributed by atoms with van der Waals surface area (Å²) >= 11 is 31.6. The molecule has 3 aromatic rings. The van der Waals surface area contributed by atoms with Gasteiger partial charge in [-0.1, -0.05) is 76.2 Å². The second kappa shape index (κ2) is 12.0. The molecule has 0 bridgehead atoms. The average Bonchev–Trinajstić information content (AvgIpc) is 3.08. The van der Waals surface area contributed by atoms with Crippen LogP contribution in [0.1, 0.15) is 11.1 Å². The highest BCUT2D eigenvalue weighted by molar-refractivity contribution is 8.18. The summed E-state index contributed by atoms with van der Waals surface area (Å²) < 4.78 is 5.76. The summed E-state index contributed by atoms with van der Waals surface area (Å²) in [5, 5.41) is 3.67. The van der Waals surface area contributed by atoms with Crippen molar-refractivity contribution in [1.29, 1.82) is 0 Å². The highest BCUT2D eigenvalue weighted by Gasteiger charge is 2.36. The van der Waals surface area contributed by atoms with Crippen molar-refractivity contribution in [3.05, 3.63) is 95.7 Å². The Balaban J connectivity index is 1.45. The molecule has 1 fully saturated rings. The van der Waals surface area contributed by atoms with E-state index in [0.29, 0.717) is 43.6 Å². The lowest BCUT2D eigenvalue weighted by atomic mass is 10.2. The van der Waals surface area contributed by atoms with E-state index in [-0.39, 0.29) is 27.3 Å². The maximum Gasteiger partial charge on any atom is 0.294 e. The van der Waals surface area contributed by atoms with Crippen molar-refractivity contribution >= 4 is 98.6 Å². The highest BCUT2D eigenvalue weighted by atomic mass is 35.5. The number of para-hydroxylation sites is 1. The number of anilines is 1. The molecule has 1 saturated heterocycles. The Morgan fingerprint density at radius 1 is 0.919 bits per heavy atom. The maximum absolute atomic E-state index is 12.8. The molecule has 0 unspecified atom stereocenters. The van der Waals surface area contributed by atoms with E-state index in [1.165, 1.54) is 6.08 Å². The topological polar surface area (TPSA) is 75.7 Å². The molecule has 190 valence electrons. The van der Waals surface area contributed by atoms with Crippen LogP contribution in [-0.4, -0.2) is 28.5 Å². The first-order valence-electron chi connectivity index (χ1n) is 10.5. The van der Waals surface area contributed by atoms with Crippen molar-refractivity contribution in [1.82, 2.24) is 4.90 Å². The van der Waals surface area contributed by atoms with Crippen molar-refractivity contribution in [2.45, 2.75) is 6.61 Å². The highest BCUT2D eigenvalue weighted by Crippen LogP contribution is 2.38. The molecule has 37 heavy (non-hydrogen) atoms. The number of hydrogen-bond acceptors (Lipinski definition) is 5. The fraction of sp³-hybridized carbons (Fsp3) is 0.0800. The molecule has 0 saturated carbocycles. The molecular weight excluding hydrogens is 602 g/mol. The summed E-state index contributed by atoms with van der Waals surface area (Å²) in [7, 11) is 0. The first-order chi connectivity index (χ1) is 17.6. The molecule has 4 rings (SSSR count). The number of nitrogens with one attached hydrogen (secondary N) is 1. The van der Waals surface area contributed by atoms with Crippen LogP contribution in [0.3, 0.4) is 0 Å². The molecular formula is C25H15Cl5N2O4S. The molecule has 0 radical (unpaired) electrons. The van der Waals surface area contributed by atoms with Gasteiger partial charge in [0.1, 0.15) is 13.2 Å². The standard InChI is InChI=1S/C25H15Cl5N2O4S/c26-15-6-5-14(17(28)10-15)12-36-23-18(29)7-13(8-19(23)30)9-21-24(34)32(25(35)37-21)11-22(33)31-20-4-2-1-3-16(20)27/h1-10H,11-12H2,(H,31,33)/b21-9+. The predicted octanol–water partition coefficient (Wildman–Crippen LogP) is 8.21. The van der Waals surface area contributed by atoms with Gasteiger partial charge < -0.3 is 10.1 Å². The first-order valence-corrected chi connectivity index (χ1v) is 13.2. The summed E-state index contributed by atoms with van der Waals surface area (Å²) in [4.78, 5) is 38.6. The van der Waals surface area contributed by atoms with Gasteiger partial charge in [0.05, 0.1) is 25.7 Å². The minimum Gasteiger partial charge on any atom is -0.486 e. The minimum atomic E-state index is -0.616. The molecule has 0 aliphatic carbocycles. The molecule has 0 atom stereocenters. The lowest BCUT2D eigenvalue weighted by molar-refractivity contribution is -0.127. The van der Waals surface area contributed by atoms with Crippen LogP contribution in [0, 0.1) is 0 Å². The number of amides is 3. The summed E-state index contributed by atoms with van der Waals surface area (Å²) in [6, 6.07) is 14.7. The number of carbonyl (C=O) groups excluding carboxylic acids is 3. The van der Waals surface area contributed by atoms with Gasteiger partial charge in [-0.05, 0) is 59.8 Å². The van der Waals surface area contributed by atoms with Gasteiger partial charge in [-0.15, -0.1) is 0 Å². The van der Waals surface area contributed by atoms with E-state index in [2.05, 4.69) is 5.32 Å². The van der Waals surface area contributed by atoms with Gasteiger partial charge in [0, 0.05) is 15.6 Å². The molecule has 12 heteroatoms. The number of rotatable bonds is 7. The monoisotopic (exact) mass is 614 g/mol. The number of halogens is 5. The third-order valence-electron chi connectivity index (χ3n) is 5.03. The van der Waals surface area contributed by atoms with Crippen LogP contribution in [0.2, 0.25) is 25.1 Å². The summed E-state index contributed by atoms with van der Waals surface area (Å²) in [5.74, 6) is -0.949. The Labute approximate surface area is 241 Å². The Bertz CT molecular complexity index is 1420. The van der Waals surface area contributed by atoms with Crippen LogP contribution in [0.25, 0.3) is 6.08 Å². The smallest absolute Gasteiger partial charge is 0.294 e. The molecule has 0 aromatic heterocycles. The second-order valence-electron chi connectivity index (χ2n) is 7.63. The average molecular weight is 617 g/mol. The Morgan fingerprint density at radius 2 is 1.62 bits per heavy atom. The molecule has 1 aliphatic heterocycles. The Morgan fingerprint density at radius 3 is 2.30 bits per heavy atom. The fourth-order valence-corrected chi connectivity index (χ4v) is 5.37. The minimum absolute atomic E-state index is 0.101. The number of carbonyl (C=O) groups is 3. The second-order valence-corrected chi connectivity index (χ2v) is 10.7. The van der Waals surface area contributed by atoms with Crippen molar-refractivity contribution in [3.63, 3.8) is 0 Å². The molecule has 6 nitrogen and oxygen atoms in total. The summed E-state index contributed by atoms with van der Waals surface area (Å²) in [5.41, 5.74) is 1.54. The van der Waals surface area contributed by atoms with Crippen molar-refractivity contribution in [2.75, 3.05) is 11.9 Å². The van der Waals surface area contributed by atoms with E-state index in [0.717, 1.165) is 4.90 Å². The fourth-order valence-electron chi connectivity index (χ4n) is 3.27. The number of nitrogens with zero attached hydrogens (tertiary/aromatic N) is 1. The quantitative estimate of drug-likeness (QED) is 0.271. The van der Waals surface area contributed by atoms with Gasteiger partial charge in [-0.3, -0.25) is 19.3 Å². The van der Waals surface area contributed by atoms with E-state index >= 15 is 0 Å². The van der Waals surface area contributed by atoms with E-state index in [4.69, 9.17) is 62.7 Å². The van der Waals surface area contributed by atoms with E-state index in [1.54, 1.807) is 54.6 Å². The van der Waals surface area contributed by atoms with Gasteiger partial charge in [0.2, 0.25) is 5.91 Å². The molecule has 3 aromatic carbocycles. The number of imide groups is 1. The van der Waals surface area contributed by atoms with Crippen LogP contribution in [0.5, 0.6) is 5.75 Å². The number of ether oxygens (including phenoxy) is 1. The van der Waals surface area contributed by atoms with E-state index in [9.17, 15) is 14.4 Å². The largest absolute Gasteiger partial charge is 0.486 e. The number of hydrogen-bond donors (Lipinski definition) is 1. The van der Waals surface area contributed by atoms with Crippen molar-refractivity contribution in [2.24, 2.45) is 0 Å². The van der Waals surface area contributed by atoms with Crippen molar-refractivity contribution < 1.29 is 19.1 Å². The lowest BCUT2D eigenvalue weighted by Crippen LogP contribution is -2.36.